The van der Waals surface area contributed by atoms with E-state index in [1.807, 2.05) is 11.8 Å². The second kappa shape index (κ2) is 10.1. The Kier molecular flexibility index (Phi) is 8.05. The van der Waals surface area contributed by atoms with Gasteiger partial charge in [-0.1, -0.05) is 31.0 Å². The van der Waals surface area contributed by atoms with Crippen LogP contribution in [-0.2, 0) is 0 Å². The zero-order valence-electron chi connectivity index (χ0n) is 13.4. The number of nitrogens with one attached hydrogen (secondary N) is 1. The molecule has 1 N–H and O–H groups in total. The van der Waals surface area contributed by atoms with Crippen molar-refractivity contribution in [1.82, 2.24) is 5.32 Å². The Labute approximate surface area is 134 Å². The highest BCUT2D eigenvalue weighted by molar-refractivity contribution is 7.98. The van der Waals surface area contributed by atoms with Crippen molar-refractivity contribution in [3.05, 3.63) is 30.3 Å². The van der Waals surface area contributed by atoms with E-state index in [-0.39, 0.29) is 0 Å². The summed E-state index contributed by atoms with van der Waals surface area (Å²) in [5.74, 6) is 1.32. The smallest absolute Gasteiger partial charge is 0.0366 e. The molecule has 2 rings (SSSR count). The van der Waals surface area contributed by atoms with Crippen LogP contribution >= 0.6 is 11.8 Å². The lowest BCUT2D eigenvalue weighted by molar-refractivity contribution is 0.409. The van der Waals surface area contributed by atoms with Gasteiger partial charge in [0.1, 0.15) is 0 Å². The van der Waals surface area contributed by atoms with E-state index in [1.54, 1.807) is 0 Å². The lowest BCUT2D eigenvalue weighted by Gasteiger charge is -2.34. The highest BCUT2D eigenvalue weighted by atomic mass is 32.2. The van der Waals surface area contributed by atoms with E-state index in [2.05, 4.69) is 46.8 Å². The summed E-state index contributed by atoms with van der Waals surface area (Å²) >= 11 is 1.97. The fourth-order valence-electron chi connectivity index (χ4n) is 3.01. The summed E-state index contributed by atoms with van der Waals surface area (Å²) in [7, 11) is 0. The van der Waals surface area contributed by atoms with Gasteiger partial charge in [-0.05, 0) is 56.4 Å². The van der Waals surface area contributed by atoms with Gasteiger partial charge in [-0.25, -0.2) is 0 Å². The molecule has 1 fully saturated rings. The van der Waals surface area contributed by atoms with Crippen LogP contribution in [0.25, 0.3) is 0 Å². The van der Waals surface area contributed by atoms with Crippen molar-refractivity contribution >= 4 is 17.4 Å². The van der Waals surface area contributed by atoms with Crippen LogP contribution in [0.5, 0.6) is 0 Å². The number of rotatable bonds is 9. The van der Waals surface area contributed by atoms with Gasteiger partial charge in [0.25, 0.3) is 0 Å². The van der Waals surface area contributed by atoms with Gasteiger partial charge >= 0.3 is 0 Å². The molecule has 1 aromatic carbocycles. The molecule has 1 aliphatic heterocycles. The van der Waals surface area contributed by atoms with Crippen LogP contribution < -0.4 is 10.2 Å². The first-order valence-electron chi connectivity index (χ1n) is 8.42. The second-order valence-electron chi connectivity index (χ2n) is 5.96. The maximum Gasteiger partial charge on any atom is 0.0366 e. The number of anilines is 1. The maximum atomic E-state index is 3.75. The number of piperidine rings is 1. The van der Waals surface area contributed by atoms with E-state index in [0.717, 1.165) is 6.04 Å². The maximum absolute atomic E-state index is 3.75. The Morgan fingerprint density at radius 3 is 2.48 bits per heavy atom. The van der Waals surface area contributed by atoms with Crippen LogP contribution in [0, 0.1) is 0 Å². The van der Waals surface area contributed by atoms with Crippen molar-refractivity contribution in [1.29, 1.82) is 0 Å². The minimum atomic E-state index is 0.733. The predicted octanol–water partition coefficient (Wildman–Crippen LogP) is 4.17. The molecular weight excluding hydrogens is 276 g/mol. The molecule has 0 radical (unpaired) electrons. The van der Waals surface area contributed by atoms with Gasteiger partial charge in [0.15, 0.2) is 0 Å². The van der Waals surface area contributed by atoms with Gasteiger partial charge in [-0.3, -0.25) is 0 Å². The molecule has 1 aliphatic rings. The van der Waals surface area contributed by atoms with Gasteiger partial charge in [0.05, 0.1) is 0 Å². The SMILES string of the molecule is CSCCCCCCNC1CCN(c2ccccc2)CC1. The van der Waals surface area contributed by atoms with Crippen molar-refractivity contribution in [2.45, 2.75) is 44.6 Å². The number of nitrogens with zero attached hydrogens (tertiary/aromatic N) is 1. The van der Waals surface area contributed by atoms with E-state index in [1.165, 1.54) is 69.6 Å². The van der Waals surface area contributed by atoms with Crippen molar-refractivity contribution in [2.75, 3.05) is 36.5 Å². The third-order valence-corrected chi connectivity index (χ3v) is 5.02. The third kappa shape index (κ3) is 6.31. The van der Waals surface area contributed by atoms with Crippen LogP contribution in [-0.4, -0.2) is 37.7 Å². The molecule has 3 heteroatoms. The topological polar surface area (TPSA) is 15.3 Å². The number of para-hydroxylation sites is 1. The molecule has 0 bridgehead atoms. The molecule has 0 aromatic heterocycles. The summed E-state index contributed by atoms with van der Waals surface area (Å²) in [6.07, 6.45) is 10.3. The summed E-state index contributed by atoms with van der Waals surface area (Å²) in [5.41, 5.74) is 1.38. The summed E-state index contributed by atoms with van der Waals surface area (Å²) in [4.78, 5) is 2.51. The monoisotopic (exact) mass is 306 g/mol. The molecule has 1 aromatic rings. The normalized spacial score (nSPS) is 16.3. The third-order valence-electron chi connectivity index (χ3n) is 4.32. The standard InChI is InChI=1S/C18H30N2S/c1-21-16-8-3-2-7-13-19-17-11-14-20(15-12-17)18-9-5-4-6-10-18/h4-6,9-10,17,19H,2-3,7-8,11-16H2,1H3. The molecule has 0 amide bonds. The highest BCUT2D eigenvalue weighted by Crippen LogP contribution is 2.19. The Bertz CT molecular complexity index is 361. The van der Waals surface area contributed by atoms with Crippen molar-refractivity contribution in [3.63, 3.8) is 0 Å². The summed E-state index contributed by atoms with van der Waals surface area (Å²) < 4.78 is 0. The van der Waals surface area contributed by atoms with E-state index in [4.69, 9.17) is 0 Å². The second-order valence-corrected chi connectivity index (χ2v) is 6.94. The quantitative estimate of drug-likeness (QED) is 0.689. The Hall–Kier alpha value is -0.670. The minimum absolute atomic E-state index is 0.733. The van der Waals surface area contributed by atoms with Crippen LogP contribution in [0.4, 0.5) is 5.69 Å². The molecule has 118 valence electrons. The van der Waals surface area contributed by atoms with Crippen LogP contribution in [0.2, 0.25) is 0 Å². The average molecular weight is 307 g/mol. The summed E-state index contributed by atoms with van der Waals surface area (Å²) in [6, 6.07) is 11.5. The van der Waals surface area contributed by atoms with Crippen LogP contribution in [0.15, 0.2) is 30.3 Å². The van der Waals surface area contributed by atoms with Gasteiger partial charge < -0.3 is 10.2 Å². The van der Waals surface area contributed by atoms with Crippen LogP contribution in [0.3, 0.4) is 0 Å². The minimum Gasteiger partial charge on any atom is -0.371 e. The van der Waals surface area contributed by atoms with Gasteiger partial charge in [0.2, 0.25) is 0 Å². The lowest BCUT2D eigenvalue weighted by atomic mass is 10.0. The van der Waals surface area contributed by atoms with Gasteiger partial charge in [0, 0.05) is 24.8 Å². The highest BCUT2D eigenvalue weighted by Gasteiger charge is 2.18. The number of hydrogen-bond donors (Lipinski definition) is 1. The number of unbranched alkanes of at least 4 members (excludes halogenated alkanes) is 3. The number of benzene rings is 1. The Morgan fingerprint density at radius 1 is 1.05 bits per heavy atom. The molecule has 0 saturated carbocycles. The fraction of sp³-hybridized carbons (Fsp3) is 0.667. The van der Waals surface area contributed by atoms with Gasteiger partial charge in [-0.2, -0.15) is 11.8 Å². The summed E-state index contributed by atoms with van der Waals surface area (Å²) in [5, 5.41) is 3.75. The van der Waals surface area contributed by atoms with Crippen molar-refractivity contribution in [3.8, 4) is 0 Å². The van der Waals surface area contributed by atoms with Gasteiger partial charge in [-0.15, -0.1) is 0 Å². The van der Waals surface area contributed by atoms with E-state index in [9.17, 15) is 0 Å². The van der Waals surface area contributed by atoms with Crippen molar-refractivity contribution in [2.24, 2.45) is 0 Å². The molecule has 0 atom stereocenters. The molecule has 21 heavy (non-hydrogen) atoms. The van der Waals surface area contributed by atoms with E-state index >= 15 is 0 Å². The molecule has 0 unspecified atom stereocenters. The molecule has 0 aliphatic carbocycles. The number of thioether (sulfide) groups is 1. The molecule has 0 spiro atoms. The zero-order chi connectivity index (χ0) is 14.8. The largest absolute Gasteiger partial charge is 0.371 e. The molecular formula is C18H30N2S. The molecule has 1 saturated heterocycles. The number of hydrogen-bond acceptors (Lipinski definition) is 3. The molecule has 1 heterocycles. The summed E-state index contributed by atoms with van der Waals surface area (Å²) in [6.45, 7) is 3.58. The van der Waals surface area contributed by atoms with Crippen molar-refractivity contribution < 1.29 is 0 Å². The van der Waals surface area contributed by atoms with E-state index in [0.29, 0.717) is 0 Å². The average Bonchev–Trinajstić information content (AvgIpc) is 2.55. The Morgan fingerprint density at radius 2 is 1.76 bits per heavy atom. The van der Waals surface area contributed by atoms with E-state index < -0.39 is 0 Å². The van der Waals surface area contributed by atoms with Crippen LogP contribution in [0.1, 0.15) is 38.5 Å². The lowest BCUT2D eigenvalue weighted by Crippen LogP contribution is -2.42. The molecule has 2 nitrogen and oxygen atoms in total. The first-order chi connectivity index (χ1) is 10.4. The zero-order valence-corrected chi connectivity index (χ0v) is 14.2. The predicted molar refractivity (Wildman–Crippen MR) is 96.5 cm³/mol. The first kappa shape index (κ1) is 16.7. The fourth-order valence-corrected chi connectivity index (χ4v) is 3.50. The first-order valence-corrected chi connectivity index (χ1v) is 9.82. The Balaban J connectivity index is 1.53.